The highest BCUT2D eigenvalue weighted by atomic mass is 35.5. The summed E-state index contributed by atoms with van der Waals surface area (Å²) in [5, 5.41) is 3.35. The number of piperidine rings is 1. The first-order valence-corrected chi connectivity index (χ1v) is 10.9. The topological polar surface area (TPSA) is 80.8 Å². The molecule has 0 aliphatic carbocycles. The molecule has 3 aromatic rings. The first-order chi connectivity index (χ1) is 16.0. The summed E-state index contributed by atoms with van der Waals surface area (Å²) in [7, 11) is 3.16. The fraction of sp³-hybridized carbons (Fsp3) is 0.240. The minimum Gasteiger partial charge on any atom is -0.497 e. The van der Waals surface area contributed by atoms with Crippen molar-refractivity contribution in [2.75, 3.05) is 24.4 Å². The number of carbonyl (C=O) groups excluding carboxylic acids is 2. The van der Waals surface area contributed by atoms with Crippen molar-refractivity contribution in [2.45, 2.75) is 18.9 Å². The van der Waals surface area contributed by atoms with Crippen molar-refractivity contribution in [2.24, 2.45) is 5.92 Å². The van der Waals surface area contributed by atoms with Gasteiger partial charge in [-0.05, 0) is 48.9 Å². The fourth-order valence-corrected chi connectivity index (χ4v) is 4.26. The van der Waals surface area contributed by atoms with E-state index in [2.05, 4.69) is 10.3 Å². The van der Waals surface area contributed by atoms with Crippen LogP contribution in [0.4, 0.5) is 11.5 Å². The number of carbonyl (C=O) groups is 2. The smallest absolute Gasteiger partial charge is 0.231 e. The molecular formula is C25H24ClN3O4. The van der Waals surface area contributed by atoms with E-state index in [0.29, 0.717) is 34.4 Å². The summed E-state index contributed by atoms with van der Waals surface area (Å²) in [6.45, 7) is 0. The maximum absolute atomic E-state index is 13.4. The maximum Gasteiger partial charge on any atom is 0.231 e. The van der Waals surface area contributed by atoms with Crippen LogP contribution in [0.25, 0.3) is 0 Å². The first-order valence-electron chi connectivity index (χ1n) is 10.5. The number of amides is 2. The second-order valence-electron chi connectivity index (χ2n) is 7.64. The van der Waals surface area contributed by atoms with Crippen molar-refractivity contribution in [3.8, 4) is 11.5 Å². The molecule has 8 heteroatoms. The fourth-order valence-electron chi connectivity index (χ4n) is 4.15. The number of aromatic nitrogens is 1. The zero-order valence-corrected chi connectivity index (χ0v) is 19.1. The number of pyridine rings is 1. The van der Waals surface area contributed by atoms with Gasteiger partial charge in [-0.2, -0.15) is 0 Å². The number of hydrogen-bond donors (Lipinski definition) is 1. The molecule has 1 fully saturated rings. The normalized spacial score (nSPS) is 18.0. The van der Waals surface area contributed by atoms with Crippen LogP contribution in [0, 0.1) is 5.92 Å². The van der Waals surface area contributed by atoms with Crippen LogP contribution in [0.1, 0.15) is 24.4 Å². The van der Waals surface area contributed by atoms with E-state index in [1.165, 1.54) is 6.20 Å². The lowest BCUT2D eigenvalue weighted by Crippen LogP contribution is -2.47. The molecule has 1 N–H and O–H groups in total. The van der Waals surface area contributed by atoms with E-state index in [9.17, 15) is 9.59 Å². The molecule has 1 aliphatic heterocycles. The number of nitrogens with one attached hydrogen (secondary N) is 1. The number of anilines is 2. The highest BCUT2D eigenvalue weighted by Gasteiger charge is 2.42. The lowest BCUT2D eigenvalue weighted by atomic mass is 9.82. The molecule has 0 saturated carbocycles. The molecule has 33 heavy (non-hydrogen) atoms. The van der Waals surface area contributed by atoms with Crippen molar-refractivity contribution in [3.05, 3.63) is 77.4 Å². The van der Waals surface area contributed by atoms with Gasteiger partial charge in [0.25, 0.3) is 0 Å². The average Bonchev–Trinajstić information content (AvgIpc) is 2.85. The third-order valence-electron chi connectivity index (χ3n) is 5.72. The van der Waals surface area contributed by atoms with Crippen molar-refractivity contribution in [1.29, 1.82) is 0 Å². The Kier molecular flexibility index (Phi) is 6.79. The lowest BCUT2D eigenvalue weighted by molar-refractivity contribution is -0.126. The molecule has 2 amide bonds. The van der Waals surface area contributed by atoms with E-state index in [4.69, 9.17) is 21.1 Å². The number of benzene rings is 2. The van der Waals surface area contributed by atoms with Gasteiger partial charge in [0, 0.05) is 23.9 Å². The molecule has 1 saturated heterocycles. The quantitative estimate of drug-likeness (QED) is 0.561. The van der Waals surface area contributed by atoms with E-state index >= 15 is 0 Å². The Morgan fingerprint density at radius 1 is 1.06 bits per heavy atom. The van der Waals surface area contributed by atoms with Crippen LogP contribution in [0.15, 0.2) is 66.9 Å². The Balaban J connectivity index is 1.76. The van der Waals surface area contributed by atoms with Crippen LogP contribution < -0.4 is 19.7 Å². The highest BCUT2D eigenvalue weighted by Crippen LogP contribution is 2.43. The number of halogens is 1. The Bertz CT molecular complexity index is 1140. The standard InChI is InChI=1S/C25H24ClN3O4/c1-32-18-10-8-17(9-11-18)29-23(30)14-12-20(24(29)19-5-3-4-6-21(19)33-2)25(31)28-22-13-7-16(26)15-27-22/h3-11,13,15,20,24H,12,14H2,1-2H3,(H,27,28,31)/t20-,24+/m1/s1. The second-order valence-corrected chi connectivity index (χ2v) is 8.08. The summed E-state index contributed by atoms with van der Waals surface area (Å²) in [5.41, 5.74) is 1.44. The van der Waals surface area contributed by atoms with Gasteiger partial charge in [-0.1, -0.05) is 29.8 Å². The highest BCUT2D eigenvalue weighted by molar-refractivity contribution is 6.30. The van der Waals surface area contributed by atoms with E-state index < -0.39 is 12.0 Å². The SMILES string of the molecule is COc1ccc(N2C(=O)CC[C@@H](C(=O)Nc3ccc(Cl)cn3)[C@@H]2c2ccccc2OC)cc1. The molecule has 2 atom stereocenters. The van der Waals surface area contributed by atoms with Gasteiger partial charge < -0.3 is 19.7 Å². The van der Waals surface area contributed by atoms with Crippen molar-refractivity contribution in [3.63, 3.8) is 0 Å². The Morgan fingerprint density at radius 2 is 1.82 bits per heavy atom. The Morgan fingerprint density at radius 3 is 2.48 bits per heavy atom. The minimum absolute atomic E-state index is 0.0651. The molecule has 0 spiro atoms. The lowest BCUT2D eigenvalue weighted by Gasteiger charge is -2.41. The predicted octanol–water partition coefficient (Wildman–Crippen LogP) is 4.88. The second kappa shape index (κ2) is 9.92. The van der Waals surface area contributed by atoms with Crippen LogP contribution >= 0.6 is 11.6 Å². The molecule has 1 aliphatic rings. The van der Waals surface area contributed by atoms with Crippen LogP contribution in [-0.4, -0.2) is 31.0 Å². The zero-order chi connectivity index (χ0) is 23.4. The van der Waals surface area contributed by atoms with Crippen LogP contribution in [-0.2, 0) is 9.59 Å². The largest absolute Gasteiger partial charge is 0.497 e. The summed E-state index contributed by atoms with van der Waals surface area (Å²) in [5.74, 6) is 0.865. The molecule has 0 radical (unpaired) electrons. The summed E-state index contributed by atoms with van der Waals surface area (Å²) >= 11 is 5.92. The van der Waals surface area contributed by atoms with Crippen molar-refractivity contribution >= 4 is 34.9 Å². The monoisotopic (exact) mass is 465 g/mol. The number of ether oxygens (including phenoxy) is 2. The van der Waals surface area contributed by atoms with Crippen LogP contribution in [0.2, 0.25) is 5.02 Å². The zero-order valence-electron chi connectivity index (χ0n) is 18.3. The van der Waals surface area contributed by atoms with E-state index in [0.717, 1.165) is 5.56 Å². The number of nitrogens with zero attached hydrogens (tertiary/aromatic N) is 2. The number of methoxy groups -OCH3 is 2. The molecule has 4 rings (SSSR count). The van der Waals surface area contributed by atoms with Gasteiger partial charge in [-0.25, -0.2) is 4.98 Å². The molecule has 0 unspecified atom stereocenters. The third-order valence-corrected chi connectivity index (χ3v) is 5.94. The number of para-hydroxylation sites is 1. The average molecular weight is 466 g/mol. The van der Waals surface area contributed by atoms with Gasteiger partial charge in [0.1, 0.15) is 17.3 Å². The molecule has 2 aromatic carbocycles. The van der Waals surface area contributed by atoms with Gasteiger partial charge in [-0.15, -0.1) is 0 Å². The van der Waals surface area contributed by atoms with Crippen molar-refractivity contribution < 1.29 is 19.1 Å². The summed E-state index contributed by atoms with van der Waals surface area (Å²) in [4.78, 5) is 32.5. The van der Waals surface area contributed by atoms with Gasteiger partial charge in [0.05, 0.1) is 31.2 Å². The van der Waals surface area contributed by atoms with E-state index in [-0.39, 0.29) is 18.2 Å². The summed E-state index contributed by atoms with van der Waals surface area (Å²) in [6.07, 6.45) is 2.11. The van der Waals surface area contributed by atoms with Gasteiger partial charge >= 0.3 is 0 Å². The molecule has 1 aromatic heterocycles. The van der Waals surface area contributed by atoms with Gasteiger partial charge in [-0.3, -0.25) is 9.59 Å². The number of rotatable bonds is 6. The summed E-state index contributed by atoms with van der Waals surface area (Å²) in [6, 6.07) is 17.4. The van der Waals surface area contributed by atoms with E-state index in [1.54, 1.807) is 43.4 Å². The molecule has 170 valence electrons. The first kappa shape index (κ1) is 22.6. The molecular weight excluding hydrogens is 442 g/mol. The molecule has 7 nitrogen and oxygen atoms in total. The van der Waals surface area contributed by atoms with Gasteiger partial charge in [0.2, 0.25) is 11.8 Å². The maximum atomic E-state index is 13.4. The molecule has 2 heterocycles. The minimum atomic E-state index is -0.567. The van der Waals surface area contributed by atoms with E-state index in [1.807, 2.05) is 36.4 Å². The van der Waals surface area contributed by atoms with Gasteiger partial charge in [0.15, 0.2) is 0 Å². The molecule has 0 bridgehead atoms. The Hall–Kier alpha value is -3.58. The number of hydrogen-bond acceptors (Lipinski definition) is 5. The Labute approximate surface area is 197 Å². The third kappa shape index (κ3) is 4.78. The predicted molar refractivity (Wildman–Crippen MR) is 127 cm³/mol. The van der Waals surface area contributed by atoms with Crippen LogP contribution in [0.3, 0.4) is 0 Å². The summed E-state index contributed by atoms with van der Waals surface area (Å²) < 4.78 is 10.9. The van der Waals surface area contributed by atoms with Crippen LogP contribution in [0.5, 0.6) is 11.5 Å². The van der Waals surface area contributed by atoms with Crippen molar-refractivity contribution in [1.82, 2.24) is 4.98 Å².